The molecule has 0 bridgehead atoms. The number of nitrogens with zero attached hydrogens (tertiary/aromatic N) is 2. The molecule has 0 aromatic carbocycles. The maximum absolute atomic E-state index is 11.5. The van der Waals surface area contributed by atoms with Crippen LogP contribution in [-0.4, -0.2) is 27.2 Å². The summed E-state index contributed by atoms with van der Waals surface area (Å²) >= 11 is 3.34. The fourth-order valence-corrected chi connectivity index (χ4v) is 2.05. The van der Waals surface area contributed by atoms with E-state index in [4.69, 9.17) is 5.73 Å². The Bertz CT molecular complexity index is 458. The first-order chi connectivity index (χ1) is 7.09. The van der Waals surface area contributed by atoms with Gasteiger partial charge in [0.05, 0.1) is 6.33 Å². The Morgan fingerprint density at radius 1 is 1.60 bits per heavy atom. The maximum atomic E-state index is 11.5. The number of H-pyrrole nitrogens is 1. The minimum absolute atomic E-state index is 0.0209. The zero-order valence-corrected chi connectivity index (χ0v) is 9.32. The highest BCUT2D eigenvalue weighted by Crippen LogP contribution is 2.25. The van der Waals surface area contributed by atoms with Crippen molar-refractivity contribution < 1.29 is 4.79 Å². The number of rotatable bonds is 1. The van der Waals surface area contributed by atoms with E-state index >= 15 is 0 Å². The average Bonchev–Trinajstić information content (AvgIpc) is 2.50. The third-order valence-corrected chi connectivity index (χ3v) is 2.81. The molecule has 7 heteroatoms. The number of amides is 1. The number of hydrogen-bond donors (Lipinski definition) is 2. The second-order valence-corrected chi connectivity index (χ2v) is 4.57. The number of anilines is 2. The van der Waals surface area contributed by atoms with Gasteiger partial charge in [0.1, 0.15) is 5.69 Å². The third-order valence-electron chi connectivity index (χ3n) is 2.20. The van der Waals surface area contributed by atoms with Gasteiger partial charge in [-0.25, -0.2) is 4.98 Å². The largest absolute Gasteiger partial charge is 0.391 e. The molecule has 80 valence electrons. The molecule has 3 N–H and O–H groups in total. The first kappa shape index (κ1) is 10.2. The summed E-state index contributed by atoms with van der Waals surface area (Å²) in [6.07, 6.45) is 1.64. The first-order valence-corrected chi connectivity index (χ1v) is 5.28. The Morgan fingerprint density at radius 2 is 2.33 bits per heavy atom. The fraction of sp³-hybridized carbons (Fsp3) is 0.375. The number of carbonyl (C=O) groups excluding carboxylic acids is 1. The van der Waals surface area contributed by atoms with Crippen LogP contribution < -0.4 is 16.2 Å². The lowest BCUT2D eigenvalue weighted by molar-refractivity contribution is -0.117. The minimum atomic E-state index is -0.425. The summed E-state index contributed by atoms with van der Waals surface area (Å²) in [4.78, 5) is 30.5. The van der Waals surface area contributed by atoms with Gasteiger partial charge in [-0.05, 0) is 0 Å². The molecule has 1 aliphatic rings. The fourth-order valence-electron chi connectivity index (χ4n) is 1.48. The molecule has 0 aliphatic carbocycles. The smallest absolute Gasteiger partial charge is 0.276 e. The van der Waals surface area contributed by atoms with Crippen LogP contribution in [0, 0.1) is 0 Å². The molecule has 6 nitrogen and oxygen atoms in total. The van der Waals surface area contributed by atoms with Gasteiger partial charge in [-0.15, -0.1) is 0 Å². The minimum Gasteiger partial charge on any atom is -0.391 e. The van der Waals surface area contributed by atoms with Crippen LogP contribution in [0.4, 0.5) is 11.5 Å². The summed E-state index contributed by atoms with van der Waals surface area (Å²) in [7, 11) is 0. The molecule has 15 heavy (non-hydrogen) atoms. The topological polar surface area (TPSA) is 92.1 Å². The molecule has 1 fully saturated rings. The number of alkyl halides is 1. The molecular weight excluding hydrogens is 264 g/mol. The van der Waals surface area contributed by atoms with Crippen LogP contribution in [0.1, 0.15) is 6.42 Å². The van der Waals surface area contributed by atoms with Crippen molar-refractivity contribution in [2.45, 2.75) is 11.2 Å². The predicted molar refractivity (Wildman–Crippen MR) is 59.0 cm³/mol. The molecule has 2 rings (SSSR count). The number of nitrogen functional groups attached to an aromatic ring is 1. The number of carbonyl (C=O) groups is 1. The monoisotopic (exact) mass is 272 g/mol. The molecule has 1 saturated heterocycles. The Balaban J connectivity index is 2.42. The lowest BCUT2D eigenvalue weighted by Gasteiger charge is -2.15. The van der Waals surface area contributed by atoms with Crippen LogP contribution in [0.2, 0.25) is 0 Å². The van der Waals surface area contributed by atoms with Crippen molar-refractivity contribution in [2.75, 3.05) is 17.2 Å². The molecule has 2 heterocycles. The maximum Gasteiger partial charge on any atom is 0.276 e. The standard InChI is InChI=1S/C8H9BrN4O2/c9-4-1-5(14)13(2-4)7-6(10)8(15)12-3-11-7/h3-4H,1-2,10H2,(H,11,12,15). The highest BCUT2D eigenvalue weighted by atomic mass is 79.9. The molecule has 1 aromatic heterocycles. The van der Waals surface area contributed by atoms with E-state index in [0.29, 0.717) is 13.0 Å². The van der Waals surface area contributed by atoms with Crippen LogP contribution in [0.25, 0.3) is 0 Å². The van der Waals surface area contributed by atoms with Gasteiger partial charge in [-0.3, -0.25) is 14.5 Å². The van der Waals surface area contributed by atoms with Crippen molar-refractivity contribution in [3.05, 3.63) is 16.7 Å². The average molecular weight is 273 g/mol. The third kappa shape index (κ3) is 1.74. The highest BCUT2D eigenvalue weighted by Gasteiger charge is 2.31. The lowest BCUT2D eigenvalue weighted by atomic mass is 10.4. The van der Waals surface area contributed by atoms with E-state index < -0.39 is 5.56 Å². The van der Waals surface area contributed by atoms with Gasteiger partial charge in [0.2, 0.25) is 5.91 Å². The van der Waals surface area contributed by atoms with E-state index in [1.54, 1.807) is 0 Å². The molecule has 1 atom stereocenters. The molecule has 0 spiro atoms. The molecular formula is C8H9BrN4O2. The molecule has 1 amide bonds. The molecule has 1 aliphatic heterocycles. The summed E-state index contributed by atoms with van der Waals surface area (Å²) < 4.78 is 0. The van der Waals surface area contributed by atoms with Crippen molar-refractivity contribution in [1.82, 2.24) is 9.97 Å². The molecule has 1 aromatic rings. The Labute approximate surface area is 93.6 Å². The van der Waals surface area contributed by atoms with E-state index in [-0.39, 0.29) is 22.2 Å². The van der Waals surface area contributed by atoms with Crippen molar-refractivity contribution >= 4 is 33.3 Å². The van der Waals surface area contributed by atoms with Gasteiger partial charge in [0, 0.05) is 17.8 Å². The summed E-state index contributed by atoms with van der Waals surface area (Å²) in [5, 5.41) is 0. The number of halogens is 1. The second-order valence-electron chi connectivity index (χ2n) is 3.27. The summed E-state index contributed by atoms with van der Waals surface area (Å²) in [5.41, 5.74) is 5.11. The Hall–Kier alpha value is -1.37. The van der Waals surface area contributed by atoms with Gasteiger partial charge in [-0.2, -0.15) is 0 Å². The van der Waals surface area contributed by atoms with E-state index in [1.165, 1.54) is 11.2 Å². The van der Waals surface area contributed by atoms with E-state index in [9.17, 15) is 9.59 Å². The predicted octanol–water partition coefficient (Wildman–Crippen LogP) is -0.148. The van der Waals surface area contributed by atoms with Crippen LogP contribution in [-0.2, 0) is 4.79 Å². The number of aromatic nitrogens is 2. The van der Waals surface area contributed by atoms with Crippen LogP contribution in [0.15, 0.2) is 11.1 Å². The van der Waals surface area contributed by atoms with Crippen molar-refractivity contribution in [1.29, 1.82) is 0 Å². The van der Waals surface area contributed by atoms with Gasteiger partial charge >= 0.3 is 0 Å². The van der Waals surface area contributed by atoms with Gasteiger partial charge in [0.15, 0.2) is 5.82 Å². The van der Waals surface area contributed by atoms with Crippen molar-refractivity contribution in [3.8, 4) is 0 Å². The van der Waals surface area contributed by atoms with Gasteiger partial charge < -0.3 is 10.7 Å². The molecule has 0 saturated carbocycles. The van der Waals surface area contributed by atoms with Crippen molar-refractivity contribution in [3.63, 3.8) is 0 Å². The van der Waals surface area contributed by atoms with Crippen molar-refractivity contribution in [2.24, 2.45) is 0 Å². The van der Waals surface area contributed by atoms with E-state index in [1.807, 2.05) is 0 Å². The molecule has 0 radical (unpaired) electrons. The summed E-state index contributed by atoms with van der Waals surface area (Å²) in [5.74, 6) is 0.160. The van der Waals surface area contributed by atoms with Crippen LogP contribution in [0.3, 0.4) is 0 Å². The first-order valence-electron chi connectivity index (χ1n) is 4.37. The second kappa shape index (κ2) is 3.65. The number of nitrogens with one attached hydrogen (secondary N) is 1. The summed E-state index contributed by atoms with van der Waals surface area (Å²) in [6.45, 7) is 0.486. The van der Waals surface area contributed by atoms with Crippen LogP contribution >= 0.6 is 15.9 Å². The molecule has 1 unspecified atom stereocenters. The Kier molecular flexibility index (Phi) is 2.47. The van der Waals surface area contributed by atoms with E-state index in [2.05, 4.69) is 25.9 Å². The SMILES string of the molecule is Nc1c(N2CC(Br)CC2=O)nc[nH]c1=O. The van der Waals surface area contributed by atoms with E-state index in [0.717, 1.165) is 0 Å². The zero-order chi connectivity index (χ0) is 11.0. The van der Waals surface area contributed by atoms with Gasteiger partial charge in [-0.1, -0.05) is 15.9 Å². The lowest BCUT2D eigenvalue weighted by Crippen LogP contribution is -2.29. The number of hydrogen-bond acceptors (Lipinski definition) is 4. The quantitative estimate of drug-likeness (QED) is 0.696. The zero-order valence-electron chi connectivity index (χ0n) is 7.74. The normalized spacial score (nSPS) is 21.0. The van der Waals surface area contributed by atoms with Crippen LogP contribution in [0.5, 0.6) is 0 Å². The Morgan fingerprint density at radius 3 is 2.93 bits per heavy atom. The summed E-state index contributed by atoms with van der Waals surface area (Å²) in [6, 6.07) is 0. The highest BCUT2D eigenvalue weighted by molar-refractivity contribution is 9.09. The number of aromatic amines is 1. The number of nitrogens with two attached hydrogens (primary N) is 1. The van der Waals surface area contributed by atoms with Gasteiger partial charge in [0.25, 0.3) is 5.56 Å².